The van der Waals surface area contributed by atoms with Crippen molar-refractivity contribution in [2.75, 3.05) is 4.31 Å². The normalized spacial score (nSPS) is 15.5. The number of hydrogen-bond donors (Lipinski definition) is 0. The molecule has 7 rings (SSSR count). The predicted molar refractivity (Wildman–Crippen MR) is 185 cm³/mol. The lowest BCUT2D eigenvalue weighted by Crippen LogP contribution is -2.28. The third-order valence-corrected chi connectivity index (χ3v) is 10.6. The summed E-state index contributed by atoms with van der Waals surface area (Å²) >= 11 is 0. The van der Waals surface area contributed by atoms with Crippen LogP contribution in [0.15, 0.2) is 138 Å². The maximum Gasteiger partial charge on any atom is 0.268 e. The number of rotatable bonds is 6. The molecule has 5 aromatic carbocycles. The summed E-state index contributed by atoms with van der Waals surface area (Å²) in [7, 11) is -3.95. The second-order valence-electron chi connectivity index (χ2n) is 12.1. The molecule has 0 bridgehead atoms. The lowest BCUT2D eigenvalue weighted by atomic mass is 9.95. The molecule has 0 saturated heterocycles. The lowest BCUT2D eigenvalue weighted by Gasteiger charge is -2.27. The Morgan fingerprint density at radius 3 is 1.98 bits per heavy atom. The molecule has 0 saturated carbocycles. The van der Waals surface area contributed by atoms with Gasteiger partial charge in [-0.2, -0.15) is 0 Å². The monoisotopic (exact) mass is 608 g/mol. The number of aryl methyl sites for hydroxylation is 4. The second kappa shape index (κ2) is 11.2. The van der Waals surface area contributed by atoms with Crippen LogP contribution < -0.4 is 4.31 Å². The largest absolute Gasteiger partial charge is 0.332 e. The zero-order chi connectivity index (χ0) is 31.3. The van der Waals surface area contributed by atoms with Gasteiger partial charge in [0.1, 0.15) is 0 Å². The molecule has 4 nitrogen and oxygen atoms in total. The van der Waals surface area contributed by atoms with Crippen LogP contribution in [0.3, 0.4) is 0 Å². The number of anilines is 1. The summed E-state index contributed by atoms with van der Waals surface area (Å²) in [5.74, 6) is 0. The zero-order valence-electron chi connectivity index (χ0n) is 26.0. The molecule has 1 aliphatic rings. The van der Waals surface area contributed by atoms with Crippen molar-refractivity contribution in [2.24, 2.45) is 0 Å². The molecule has 0 fully saturated rings. The highest BCUT2D eigenvalue weighted by Crippen LogP contribution is 2.47. The molecule has 0 radical (unpaired) electrons. The van der Waals surface area contributed by atoms with Gasteiger partial charge >= 0.3 is 0 Å². The van der Waals surface area contributed by atoms with E-state index >= 15 is 0 Å². The van der Waals surface area contributed by atoms with Crippen LogP contribution >= 0.6 is 0 Å². The highest BCUT2D eigenvalue weighted by Gasteiger charge is 2.36. The minimum atomic E-state index is -3.95. The number of allylic oxidation sites excluding steroid dienone is 1. The first kappa shape index (κ1) is 28.9. The first-order valence-electron chi connectivity index (χ1n) is 15.4. The van der Waals surface area contributed by atoms with E-state index in [9.17, 15) is 8.42 Å². The molecule has 0 unspecified atom stereocenters. The number of para-hydroxylation sites is 1. The standard InChI is InChI=1S/C40H36N2O2S/c1-27-19-21-34(22-20-27)45(43,44)41(39-29(3)23-28(2)24-30(39)4)26-33-25-37-38(31-13-7-5-8-14-31)35-17-11-12-18-36(35)42(37)40(33)32-15-9-6-10-16-32/h5-24,26,40H,25H2,1-4H3/b33-26+/t40-/m0/s1. The quantitative estimate of drug-likeness (QED) is 0.189. The van der Waals surface area contributed by atoms with Crippen LogP contribution in [0.1, 0.15) is 39.6 Å². The molecule has 45 heavy (non-hydrogen) atoms. The molecule has 0 N–H and O–H groups in total. The maximum absolute atomic E-state index is 14.7. The van der Waals surface area contributed by atoms with Crippen LogP contribution in [0.25, 0.3) is 22.0 Å². The van der Waals surface area contributed by atoms with Crippen molar-refractivity contribution in [2.45, 2.75) is 45.1 Å². The molecule has 5 heteroatoms. The van der Waals surface area contributed by atoms with Gasteiger partial charge in [0.25, 0.3) is 10.0 Å². The van der Waals surface area contributed by atoms with E-state index in [1.807, 2.05) is 58.2 Å². The lowest BCUT2D eigenvalue weighted by molar-refractivity contribution is 0.595. The van der Waals surface area contributed by atoms with Crippen LogP contribution in [-0.2, 0) is 16.4 Å². The number of sulfonamides is 1. The Morgan fingerprint density at radius 1 is 0.711 bits per heavy atom. The third kappa shape index (κ3) is 4.98. The smallest absolute Gasteiger partial charge is 0.268 e. The number of hydrogen-bond acceptors (Lipinski definition) is 2. The van der Waals surface area contributed by atoms with E-state index in [2.05, 4.69) is 89.5 Å². The van der Waals surface area contributed by atoms with E-state index in [1.54, 1.807) is 16.4 Å². The molecule has 0 aliphatic carbocycles. The van der Waals surface area contributed by atoms with Gasteiger partial charge in [-0.25, -0.2) is 12.7 Å². The Morgan fingerprint density at radius 2 is 1.31 bits per heavy atom. The summed E-state index contributed by atoms with van der Waals surface area (Å²) in [5.41, 5.74) is 11.5. The summed E-state index contributed by atoms with van der Waals surface area (Å²) in [4.78, 5) is 0.272. The van der Waals surface area contributed by atoms with Gasteiger partial charge in [-0.1, -0.05) is 114 Å². The van der Waals surface area contributed by atoms with E-state index in [1.165, 1.54) is 16.6 Å². The van der Waals surface area contributed by atoms with Gasteiger partial charge < -0.3 is 4.57 Å². The van der Waals surface area contributed by atoms with Gasteiger partial charge in [-0.15, -0.1) is 0 Å². The van der Waals surface area contributed by atoms with E-state index in [0.717, 1.165) is 44.5 Å². The third-order valence-electron chi connectivity index (χ3n) is 8.89. The van der Waals surface area contributed by atoms with Crippen molar-refractivity contribution >= 4 is 26.6 Å². The molecule has 224 valence electrons. The Bertz CT molecular complexity index is 2160. The van der Waals surface area contributed by atoms with Gasteiger partial charge in [-0.05, 0) is 73.7 Å². The Labute approximate surface area is 266 Å². The summed E-state index contributed by atoms with van der Waals surface area (Å²) in [6, 6.07) is 40.6. The van der Waals surface area contributed by atoms with Gasteiger partial charge in [0.15, 0.2) is 0 Å². The van der Waals surface area contributed by atoms with E-state index in [4.69, 9.17) is 0 Å². The van der Waals surface area contributed by atoms with Crippen molar-refractivity contribution in [1.82, 2.24) is 4.57 Å². The molecular weight excluding hydrogens is 573 g/mol. The van der Waals surface area contributed by atoms with Crippen LogP contribution in [0.5, 0.6) is 0 Å². The van der Waals surface area contributed by atoms with Crippen molar-refractivity contribution in [3.8, 4) is 11.1 Å². The average molecular weight is 609 g/mol. The van der Waals surface area contributed by atoms with Gasteiger partial charge in [-0.3, -0.25) is 0 Å². The van der Waals surface area contributed by atoms with Crippen molar-refractivity contribution in [1.29, 1.82) is 0 Å². The number of nitrogens with zero attached hydrogens (tertiary/aromatic N) is 2. The molecule has 6 aromatic rings. The Hall–Kier alpha value is -4.87. The van der Waals surface area contributed by atoms with Gasteiger partial charge in [0.2, 0.25) is 0 Å². The van der Waals surface area contributed by atoms with Crippen molar-refractivity contribution in [3.05, 3.63) is 167 Å². The fourth-order valence-electron chi connectivity index (χ4n) is 7.03. The van der Waals surface area contributed by atoms with Gasteiger partial charge in [0, 0.05) is 34.8 Å². The summed E-state index contributed by atoms with van der Waals surface area (Å²) in [6.07, 6.45) is 2.52. The highest BCUT2D eigenvalue weighted by atomic mass is 32.2. The maximum atomic E-state index is 14.7. The molecule has 2 heterocycles. The minimum Gasteiger partial charge on any atom is -0.332 e. The molecule has 0 amide bonds. The summed E-state index contributed by atoms with van der Waals surface area (Å²) in [6.45, 7) is 8.02. The highest BCUT2D eigenvalue weighted by molar-refractivity contribution is 7.93. The number of benzene rings is 5. The van der Waals surface area contributed by atoms with E-state index in [-0.39, 0.29) is 10.9 Å². The molecule has 0 spiro atoms. The second-order valence-corrected chi connectivity index (χ2v) is 13.9. The van der Waals surface area contributed by atoms with Crippen LogP contribution in [0.4, 0.5) is 5.69 Å². The molecule has 1 aromatic heterocycles. The Balaban J connectivity index is 1.51. The Kier molecular flexibility index (Phi) is 7.22. The topological polar surface area (TPSA) is 42.3 Å². The molecule has 1 atom stereocenters. The van der Waals surface area contributed by atoms with Gasteiger partial charge in [0.05, 0.1) is 16.6 Å². The molecular formula is C40H36N2O2S. The fraction of sp³-hybridized carbons (Fsp3) is 0.150. The number of aromatic nitrogens is 1. The van der Waals surface area contributed by atoms with Crippen LogP contribution in [-0.4, -0.2) is 13.0 Å². The van der Waals surface area contributed by atoms with Crippen LogP contribution in [0, 0.1) is 27.7 Å². The first-order chi connectivity index (χ1) is 21.7. The fourth-order valence-corrected chi connectivity index (χ4v) is 8.54. The van der Waals surface area contributed by atoms with Crippen LogP contribution in [0.2, 0.25) is 0 Å². The molecule has 1 aliphatic heterocycles. The van der Waals surface area contributed by atoms with Crippen molar-refractivity contribution < 1.29 is 8.42 Å². The predicted octanol–water partition coefficient (Wildman–Crippen LogP) is 9.47. The average Bonchev–Trinajstić information content (AvgIpc) is 3.55. The summed E-state index contributed by atoms with van der Waals surface area (Å²) in [5, 5.41) is 1.20. The first-order valence-corrected chi connectivity index (χ1v) is 16.8. The minimum absolute atomic E-state index is 0.176. The zero-order valence-corrected chi connectivity index (χ0v) is 26.8. The summed E-state index contributed by atoms with van der Waals surface area (Å²) < 4.78 is 33.3. The number of fused-ring (bicyclic) bond motifs is 3. The van der Waals surface area contributed by atoms with E-state index < -0.39 is 10.0 Å². The SMILES string of the molecule is Cc1ccc(S(=O)(=O)N(/C=C2\Cc3c(-c4ccccc4)c4ccccc4n3[C@H]2c2ccccc2)c2c(C)cc(C)cc2C)cc1. The van der Waals surface area contributed by atoms with Crippen molar-refractivity contribution in [3.63, 3.8) is 0 Å². The van der Waals surface area contributed by atoms with E-state index in [0.29, 0.717) is 12.1 Å².